The number of hydrogen-bond donors (Lipinski definition) is 2. The van der Waals surface area contributed by atoms with Gasteiger partial charge in [-0.25, -0.2) is 0 Å². The zero-order valence-electron chi connectivity index (χ0n) is 13.2. The van der Waals surface area contributed by atoms with Crippen LogP contribution in [0.3, 0.4) is 0 Å². The summed E-state index contributed by atoms with van der Waals surface area (Å²) in [5.41, 5.74) is 0.485. The van der Waals surface area contributed by atoms with Crippen molar-refractivity contribution in [3.05, 3.63) is 0 Å². The molecule has 5 aliphatic rings. The fraction of sp³-hybridized carbons (Fsp3) is 0.944. The average molecular weight is 290 g/mol. The molecule has 0 spiro atoms. The van der Waals surface area contributed by atoms with Crippen molar-refractivity contribution < 1.29 is 4.79 Å². The fourth-order valence-electron chi connectivity index (χ4n) is 6.18. The molecule has 4 saturated carbocycles. The molecule has 1 atom stereocenters. The summed E-state index contributed by atoms with van der Waals surface area (Å²) >= 11 is 0. The zero-order chi connectivity index (χ0) is 14.3. The van der Waals surface area contributed by atoms with Crippen LogP contribution in [-0.4, -0.2) is 25.5 Å². The van der Waals surface area contributed by atoms with E-state index in [-0.39, 0.29) is 0 Å². The molecule has 0 aromatic carbocycles. The van der Waals surface area contributed by atoms with Gasteiger partial charge in [0, 0.05) is 13.0 Å². The molecule has 118 valence electrons. The Morgan fingerprint density at radius 3 is 2.33 bits per heavy atom. The normalized spacial score (nSPS) is 44.2. The quantitative estimate of drug-likeness (QED) is 0.817. The summed E-state index contributed by atoms with van der Waals surface area (Å²) in [5, 5.41) is 6.69. The smallest absolute Gasteiger partial charge is 0.220 e. The molecule has 1 unspecified atom stereocenters. The van der Waals surface area contributed by atoms with Gasteiger partial charge in [-0.05, 0) is 93.5 Å². The van der Waals surface area contributed by atoms with Crippen LogP contribution in [0.25, 0.3) is 0 Å². The van der Waals surface area contributed by atoms with Crippen molar-refractivity contribution in [3.8, 4) is 0 Å². The molecule has 4 aliphatic carbocycles. The third-order valence-corrected chi connectivity index (χ3v) is 6.77. The minimum Gasteiger partial charge on any atom is -0.356 e. The predicted molar refractivity (Wildman–Crippen MR) is 83.8 cm³/mol. The van der Waals surface area contributed by atoms with Gasteiger partial charge < -0.3 is 10.6 Å². The number of carbonyl (C=O) groups is 1. The largest absolute Gasteiger partial charge is 0.356 e. The molecule has 0 aromatic rings. The first-order valence-electron chi connectivity index (χ1n) is 9.18. The van der Waals surface area contributed by atoms with Crippen LogP contribution in [0.2, 0.25) is 0 Å². The van der Waals surface area contributed by atoms with Gasteiger partial charge in [0.2, 0.25) is 5.91 Å². The van der Waals surface area contributed by atoms with Crippen molar-refractivity contribution in [2.24, 2.45) is 29.1 Å². The summed E-state index contributed by atoms with van der Waals surface area (Å²) in [4.78, 5) is 12.2. The highest BCUT2D eigenvalue weighted by Gasteiger charge is 2.50. The third kappa shape index (κ3) is 2.99. The molecule has 0 radical (unpaired) electrons. The van der Waals surface area contributed by atoms with Gasteiger partial charge in [0.25, 0.3) is 0 Å². The zero-order valence-corrected chi connectivity index (χ0v) is 13.2. The first-order valence-corrected chi connectivity index (χ1v) is 9.18. The van der Waals surface area contributed by atoms with E-state index in [1.54, 1.807) is 0 Å². The molecule has 3 nitrogen and oxygen atoms in total. The number of nitrogens with one attached hydrogen (secondary N) is 2. The second kappa shape index (κ2) is 5.57. The monoisotopic (exact) mass is 290 g/mol. The molecule has 5 fully saturated rings. The van der Waals surface area contributed by atoms with Crippen LogP contribution < -0.4 is 10.6 Å². The lowest BCUT2D eigenvalue weighted by molar-refractivity contribution is -0.123. The van der Waals surface area contributed by atoms with Crippen LogP contribution in [0.1, 0.15) is 57.8 Å². The van der Waals surface area contributed by atoms with E-state index in [9.17, 15) is 4.79 Å². The lowest BCUT2D eigenvalue weighted by Gasteiger charge is -2.56. The van der Waals surface area contributed by atoms with E-state index in [1.807, 2.05) is 0 Å². The number of amides is 1. The Morgan fingerprint density at radius 1 is 1.10 bits per heavy atom. The Kier molecular flexibility index (Phi) is 3.72. The van der Waals surface area contributed by atoms with Crippen LogP contribution in [0.4, 0.5) is 0 Å². The van der Waals surface area contributed by atoms with E-state index >= 15 is 0 Å². The van der Waals surface area contributed by atoms with Crippen molar-refractivity contribution in [2.75, 3.05) is 19.6 Å². The van der Waals surface area contributed by atoms with E-state index in [4.69, 9.17) is 0 Å². The Bertz CT molecular complexity index is 365. The van der Waals surface area contributed by atoms with E-state index < -0.39 is 0 Å². The van der Waals surface area contributed by atoms with Gasteiger partial charge in [0.1, 0.15) is 0 Å². The van der Waals surface area contributed by atoms with Crippen molar-refractivity contribution in [3.63, 3.8) is 0 Å². The molecule has 0 aromatic heterocycles. The van der Waals surface area contributed by atoms with Gasteiger partial charge in [-0.2, -0.15) is 0 Å². The lowest BCUT2D eigenvalue weighted by atomic mass is 9.49. The van der Waals surface area contributed by atoms with Gasteiger partial charge in [-0.3, -0.25) is 4.79 Å². The number of carbonyl (C=O) groups excluding carboxylic acids is 1. The molecule has 21 heavy (non-hydrogen) atoms. The average Bonchev–Trinajstić information content (AvgIpc) is 2.95. The highest BCUT2D eigenvalue weighted by Crippen LogP contribution is 2.59. The van der Waals surface area contributed by atoms with E-state index in [1.165, 1.54) is 44.9 Å². The Balaban J connectivity index is 1.25. The van der Waals surface area contributed by atoms with Crippen molar-refractivity contribution in [1.29, 1.82) is 0 Å². The summed E-state index contributed by atoms with van der Waals surface area (Å²) in [6.07, 6.45) is 11.7. The minimum absolute atomic E-state index is 0.303. The number of hydrogen-bond acceptors (Lipinski definition) is 2. The highest BCUT2D eigenvalue weighted by molar-refractivity contribution is 5.75. The minimum atomic E-state index is 0.303. The van der Waals surface area contributed by atoms with Gasteiger partial charge in [0.05, 0.1) is 0 Å². The Labute approximate surface area is 128 Å². The van der Waals surface area contributed by atoms with Crippen LogP contribution in [0.15, 0.2) is 0 Å². The molecule has 1 amide bonds. The van der Waals surface area contributed by atoms with Gasteiger partial charge >= 0.3 is 0 Å². The summed E-state index contributed by atoms with van der Waals surface area (Å²) < 4.78 is 0. The molecular weight excluding hydrogens is 260 g/mol. The SMILES string of the molecule is O=C(CCC1CCNC1)NCC12CC3CC(CC(C3)C1)C2. The second-order valence-electron chi connectivity index (χ2n) is 8.59. The van der Waals surface area contributed by atoms with Crippen molar-refractivity contribution >= 4 is 5.91 Å². The Morgan fingerprint density at radius 2 is 1.76 bits per heavy atom. The first kappa shape index (κ1) is 14.0. The van der Waals surface area contributed by atoms with Crippen LogP contribution in [0.5, 0.6) is 0 Å². The van der Waals surface area contributed by atoms with E-state index in [0.29, 0.717) is 11.3 Å². The lowest BCUT2D eigenvalue weighted by Crippen LogP contribution is -2.51. The molecule has 5 rings (SSSR count). The highest BCUT2D eigenvalue weighted by atomic mass is 16.1. The Hall–Kier alpha value is -0.570. The van der Waals surface area contributed by atoms with Crippen molar-refractivity contribution in [2.45, 2.75) is 57.8 Å². The fourth-order valence-corrected chi connectivity index (χ4v) is 6.18. The van der Waals surface area contributed by atoms with Gasteiger partial charge in [-0.15, -0.1) is 0 Å². The predicted octanol–water partition coefficient (Wildman–Crippen LogP) is 2.71. The standard InChI is InChI=1S/C18H30N2O/c21-17(2-1-13-3-4-19-11-13)20-12-18-8-14-5-15(9-18)7-16(6-14)10-18/h13-16,19H,1-12H2,(H,20,21). The van der Waals surface area contributed by atoms with Gasteiger partial charge in [0.15, 0.2) is 0 Å². The summed E-state index contributed by atoms with van der Waals surface area (Å²) in [6.45, 7) is 3.22. The van der Waals surface area contributed by atoms with Crippen molar-refractivity contribution in [1.82, 2.24) is 10.6 Å². The maximum absolute atomic E-state index is 12.2. The molecular formula is C18H30N2O. The summed E-state index contributed by atoms with van der Waals surface area (Å²) in [6, 6.07) is 0. The third-order valence-electron chi connectivity index (χ3n) is 6.77. The van der Waals surface area contributed by atoms with Crippen LogP contribution in [-0.2, 0) is 4.79 Å². The van der Waals surface area contributed by atoms with Gasteiger partial charge in [-0.1, -0.05) is 0 Å². The molecule has 3 heteroatoms. The topological polar surface area (TPSA) is 41.1 Å². The first-order chi connectivity index (χ1) is 10.2. The molecule has 1 saturated heterocycles. The molecule has 1 heterocycles. The van der Waals surface area contributed by atoms with Crippen LogP contribution in [0, 0.1) is 29.1 Å². The maximum Gasteiger partial charge on any atom is 0.220 e. The second-order valence-corrected chi connectivity index (χ2v) is 8.59. The molecule has 4 bridgehead atoms. The van der Waals surface area contributed by atoms with E-state index in [0.717, 1.165) is 56.1 Å². The van der Waals surface area contributed by atoms with E-state index in [2.05, 4.69) is 10.6 Å². The molecule has 1 aliphatic heterocycles. The summed E-state index contributed by atoms with van der Waals surface area (Å²) in [5.74, 6) is 3.99. The maximum atomic E-state index is 12.2. The molecule has 2 N–H and O–H groups in total. The summed E-state index contributed by atoms with van der Waals surface area (Å²) in [7, 11) is 0. The van der Waals surface area contributed by atoms with Crippen LogP contribution >= 0.6 is 0 Å². The number of rotatable bonds is 5.